The number of hydrogen-bond donors (Lipinski definition) is 1. The highest BCUT2D eigenvalue weighted by atomic mass is 32.2. The number of ether oxygens (including phenoxy) is 1. The molecule has 0 saturated carbocycles. The Bertz CT molecular complexity index is 961. The minimum Gasteiger partial charge on any atom is -0.497 e. The average molecular weight is 444 g/mol. The average Bonchev–Trinajstić information content (AvgIpc) is 2.68. The Balaban J connectivity index is 1.90. The SMILES string of the molecule is COc1ccc(N(CCCC(=O)NCc2cccc(C(F)(F)F)c2)S(C)(=O)=O)cc1. The first-order valence-electron chi connectivity index (χ1n) is 9.05. The Kier molecular flexibility index (Phi) is 7.71. The standard InChI is InChI=1S/C20H23F3N2O4S/c1-29-18-10-8-17(9-11-18)25(30(2,27)28)12-4-7-19(26)24-14-15-5-3-6-16(13-15)20(21,22)23/h3,5-6,8-11,13H,4,7,12,14H2,1-2H3,(H,24,26). The zero-order chi connectivity index (χ0) is 22.4. The van der Waals surface area contributed by atoms with Gasteiger partial charge >= 0.3 is 6.18 Å². The van der Waals surface area contributed by atoms with E-state index in [0.29, 0.717) is 17.0 Å². The van der Waals surface area contributed by atoms with Crippen LogP contribution in [0.25, 0.3) is 0 Å². The van der Waals surface area contributed by atoms with Crippen LogP contribution in [0.15, 0.2) is 48.5 Å². The smallest absolute Gasteiger partial charge is 0.416 e. The fourth-order valence-electron chi connectivity index (χ4n) is 2.76. The van der Waals surface area contributed by atoms with E-state index in [1.54, 1.807) is 24.3 Å². The summed E-state index contributed by atoms with van der Waals surface area (Å²) in [4.78, 5) is 12.0. The molecule has 1 N–H and O–H groups in total. The van der Waals surface area contributed by atoms with Gasteiger partial charge in [0.25, 0.3) is 0 Å². The lowest BCUT2D eigenvalue weighted by molar-refractivity contribution is -0.137. The highest BCUT2D eigenvalue weighted by molar-refractivity contribution is 7.92. The number of rotatable bonds is 9. The van der Waals surface area contributed by atoms with Gasteiger partial charge in [0.05, 0.1) is 24.6 Å². The van der Waals surface area contributed by atoms with Crippen molar-refractivity contribution in [1.82, 2.24) is 5.32 Å². The number of carbonyl (C=O) groups is 1. The number of benzene rings is 2. The monoisotopic (exact) mass is 444 g/mol. The van der Waals surface area contributed by atoms with Gasteiger partial charge in [-0.1, -0.05) is 12.1 Å². The van der Waals surface area contributed by atoms with E-state index >= 15 is 0 Å². The molecule has 0 unspecified atom stereocenters. The molecule has 0 radical (unpaired) electrons. The summed E-state index contributed by atoms with van der Waals surface area (Å²) in [5.41, 5.74) is -0.00520. The molecule has 0 aliphatic carbocycles. The second-order valence-corrected chi connectivity index (χ2v) is 8.52. The third-order valence-corrected chi connectivity index (χ3v) is 5.46. The molecule has 0 spiro atoms. The van der Waals surface area contributed by atoms with Crippen LogP contribution >= 0.6 is 0 Å². The van der Waals surface area contributed by atoms with Gasteiger partial charge in [-0.3, -0.25) is 9.10 Å². The topological polar surface area (TPSA) is 75.7 Å². The predicted molar refractivity (Wildman–Crippen MR) is 108 cm³/mol. The first-order chi connectivity index (χ1) is 14.0. The van der Waals surface area contributed by atoms with Gasteiger partial charge in [0.15, 0.2) is 0 Å². The highest BCUT2D eigenvalue weighted by Crippen LogP contribution is 2.29. The summed E-state index contributed by atoms with van der Waals surface area (Å²) in [5.74, 6) is 0.205. The zero-order valence-electron chi connectivity index (χ0n) is 16.6. The van der Waals surface area contributed by atoms with Gasteiger partial charge in [-0.2, -0.15) is 13.2 Å². The highest BCUT2D eigenvalue weighted by Gasteiger charge is 2.30. The van der Waals surface area contributed by atoms with Crippen LogP contribution in [0.1, 0.15) is 24.0 Å². The van der Waals surface area contributed by atoms with Gasteiger partial charge in [0, 0.05) is 19.5 Å². The number of methoxy groups -OCH3 is 1. The van der Waals surface area contributed by atoms with Crippen molar-refractivity contribution in [1.29, 1.82) is 0 Å². The van der Waals surface area contributed by atoms with Crippen LogP contribution in [0.3, 0.4) is 0 Å². The molecule has 30 heavy (non-hydrogen) atoms. The first-order valence-corrected chi connectivity index (χ1v) is 10.9. The van der Waals surface area contributed by atoms with E-state index in [9.17, 15) is 26.4 Å². The minimum absolute atomic E-state index is 0.0289. The van der Waals surface area contributed by atoms with Crippen molar-refractivity contribution in [3.63, 3.8) is 0 Å². The van der Waals surface area contributed by atoms with Crippen molar-refractivity contribution in [3.05, 3.63) is 59.7 Å². The number of halogens is 3. The molecule has 0 fully saturated rings. The number of carbonyl (C=O) groups excluding carboxylic acids is 1. The van der Waals surface area contributed by atoms with Crippen molar-refractivity contribution in [2.75, 3.05) is 24.2 Å². The van der Waals surface area contributed by atoms with Crippen LogP contribution in [0.2, 0.25) is 0 Å². The van der Waals surface area contributed by atoms with Crippen LogP contribution in [0.5, 0.6) is 5.75 Å². The maximum Gasteiger partial charge on any atom is 0.416 e. The van der Waals surface area contributed by atoms with Crippen LogP contribution in [0.4, 0.5) is 18.9 Å². The van der Waals surface area contributed by atoms with Crippen LogP contribution < -0.4 is 14.4 Å². The summed E-state index contributed by atoms with van der Waals surface area (Å²) < 4.78 is 68.6. The number of alkyl halides is 3. The molecular weight excluding hydrogens is 421 g/mol. The fraction of sp³-hybridized carbons (Fsp3) is 0.350. The maximum atomic E-state index is 12.7. The summed E-state index contributed by atoms with van der Waals surface area (Å²) >= 11 is 0. The van der Waals surface area contributed by atoms with Gasteiger partial charge in [-0.25, -0.2) is 8.42 Å². The molecule has 2 aromatic carbocycles. The molecule has 2 rings (SSSR count). The second kappa shape index (κ2) is 9.84. The van der Waals surface area contributed by atoms with E-state index in [-0.39, 0.29) is 31.8 Å². The number of hydrogen-bond acceptors (Lipinski definition) is 4. The Hall–Kier alpha value is -2.75. The van der Waals surface area contributed by atoms with Crippen molar-refractivity contribution >= 4 is 21.6 Å². The van der Waals surface area contributed by atoms with Gasteiger partial charge in [-0.05, 0) is 48.4 Å². The quantitative estimate of drug-likeness (QED) is 0.642. The second-order valence-electron chi connectivity index (χ2n) is 6.61. The van der Waals surface area contributed by atoms with Crippen LogP contribution in [-0.4, -0.2) is 34.2 Å². The molecule has 2 aromatic rings. The lowest BCUT2D eigenvalue weighted by Gasteiger charge is -2.22. The number of anilines is 1. The Morgan fingerprint density at radius 1 is 1.13 bits per heavy atom. The molecule has 0 aliphatic heterocycles. The van der Waals surface area contributed by atoms with Gasteiger partial charge in [-0.15, -0.1) is 0 Å². The lowest BCUT2D eigenvalue weighted by atomic mass is 10.1. The minimum atomic E-state index is -4.45. The van der Waals surface area contributed by atoms with Crippen LogP contribution in [0, 0.1) is 0 Å². The summed E-state index contributed by atoms with van der Waals surface area (Å²) in [7, 11) is -2.05. The molecule has 0 bridgehead atoms. The molecule has 1 amide bonds. The van der Waals surface area contributed by atoms with E-state index in [1.165, 1.54) is 23.5 Å². The molecule has 0 atom stereocenters. The van der Waals surface area contributed by atoms with E-state index in [0.717, 1.165) is 18.4 Å². The van der Waals surface area contributed by atoms with Gasteiger partial charge in [0.2, 0.25) is 15.9 Å². The van der Waals surface area contributed by atoms with Crippen molar-refractivity contribution in [3.8, 4) is 5.75 Å². The number of sulfonamides is 1. The summed E-state index contributed by atoms with van der Waals surface area (Å²) in [6.45, 7) is 0.0408. The van der Waals surface area contributed by atoms with Crippen molar-refractivity contribution in [2.45, 2.75) is 25.6 Å². The third-order valence-electron chi connectivity index (χ3n) is 4.27. The molecule has 0 heterocycles. The summed E-state index contributed by atoms with van der Waals surface area (Å²) in [5, 5.41) is 2.55. The van der Waals surface area contributed by atoms with E-state index in [2.05, 4.69) is 5.32 Å². The number of nitrogens with one attached hydrogen (secondary N) is 1. The summed E-state index contributed by atoms with van der Waals surface area (Å²) in [6.07, 6.45) is -3.10. The fourth-order valence-corrected chi connectivity index (χ4v) is 3.73. The summed E-state index contributed by atoms with van der Waals surface area (Å²) in [6, 6.07) is 11.2. The van der Waals surface area contributed by atoms with E-state index in [1.807, 2.05) is 0 Å². The molecule has 0 aromatic heterocycles. The molecule has 0 aliphatic rings. The van der Waals surface area contributed by atoms with Crippen molar-refractivity contribution < 1.29 is 31.1 Å². The third kappa shape index (κ3) is 6.94. The molecule has 0 saturated heterocycles. The lowest BCUT2D eigenvalue weighted by Crippen LogP contribution is -2.32. The molecule has 6 nitrogen and oxygen atoms in total. The van der Waals surface area contributed by atoms with E-state index in [4.69, 9.17) is 4.74 Å². The van der Waals surface area contributed by atoms with Crippen LogP contribution in [-0.2, 0) is 27.5 Å². The molecular formula is C20H23F3N2O4S. The van der Waals surface area contributed by atoms with Gasteiger partial charge < -0.3 is 10.1 Å². The Morgan fingerprint density at radius 3 is 2.37 bits per heavy atom. The number of amides is 1. The number of nitrogens with zero attached hydrogens (tertiary/aromatic N) is 1. The predicted octanol–water partition coefficient (Wildman–Crippen LogP) is 3.58. The Morgan fingerprint density at radius 2 is 1.80 bits per heavy atom. The zero-order valence-corrected chi connectivity index (χ0v) is 17.4. The normalized spacial score (nSPS) is 11.8. The first kappa shape index (κ1) is 23.5. The van der Waals surface area contributed by atoms with Gasteiger partial charge in [0.1, 0.15) is 5.75 Å². The Labute approximate surface area is 173 Å². The molecule has 10 heteroatoms. The molecule has 164 valence electrons. The maximum absolute atomic E-state index is 12.7. The largest absolute Gasteiger partial charge is 0.497 e. The van der Waals surface area contributed by atoms with Crippen molar-refractivity contribution in [2.24, 2.45) is 0 Å². The van der Waals surface area contributed by atoms with E-state index < -0.39 is 21.8 Å².